The van der Waals surface area contributed by atoms with Crippen molar-refractivity contribution in [2.75, 3.05) is 26.4 Å². The highest BCUT2D eigenvalue weighted by molar-refractivity contribution is 8.02. The van der Waals surface area contributed by atoms with Crippen LogP contribution in [0.25, 0.3) is 21.8 Å². The van der Waals surface area contributed by atoms with E-state index in [9.17, 15) is 13.2 Å². The number of ether oxygens (including phenoxy) is 4. The van der Waals surface area contributed by atoms with Crippen molar-refractivity contribution >= 4 is 23.1 Å². The van der Waals surface area contributed by atoms with E-state index in [4.69, 9.17) is 18.9 Å². The highest BCUT2D eigenvalue weighted by Gasteiger charge is 2.33. The fourth-order valence-electron chi connectivity index (χ4n) is 3.60. The molecule has 1 fully saturated rings. The Morgan fingerprint density at radius 1 is 1.09 bits per heavy atom. The van der Waals surface area contributed by atoms with Crippen LogP contribution in [0.1, 0.15) is 17.5 Å². The zero-order valence-corrected chi connectivity index (χ0v) is 20.2. The zero-order chi connectivity index (χ0) is 24.6. The largest absolute Gasteiger partial charge is 0.487 e. The molecular formula is C23H20F3N3O4S2. The summed E-state index contributed by atoms with van der Waals surface area (Å²) in [4.78, 5) is 6.94. The summed E-state index contributed by atoms with van der Waals surface area (Å²) in [6, 6.07) is 4.42. The maximum absolute atomic E-state index is 13.0. The van der Waals surface area contributed by atoms with Gasteiger partial charge in [-0.3, -0.25) is 10.1 Å². The first kappa shape index (κ1) is 23.6. The summed E-state index contributed by atoms with van der Waals surface area (Å²) < 4.78 is 62.0. The SMILES string of the molecule is C=C1OCCO/C1=C(\C)SCc1sc(-c2ccnc(-c3cc(C(F)(F)F)[nH]n3)c2)c2c1OCCO2. The number of nitrogens with one attached hydrogen (secondary N) is 1. The van der Waals surface area contributed by atoms with Crippen LogP contribution >= 0.6 is 23.1 Å². The molecule has 0 atom stereocenters. The lowest BCUT2D eigenvalue weighted by Gasteiger charge is -2.21. The monoisotopic (exact) mass is 523 g/mol. The molecule has 2 aliphatic rings. The number of nitrogens with zero attached hydrogens (tertiary/aromatic N) is 2. The van der Waals surface area contributed by atoms with Gasteiger partial charge < -0.3 is 18.9 Å². The lowest BCUT2D eigenvalue weighted by molar-refractivity contribution is -0.141. The van der Waals surface area contributed by atoms with Gasteiger partial charge in [0, 0.05) is 16.9 Å². The number of aromatic amines is 1. The Balaban J connectivity index is 1.44. The summed E-state index contributed by atoms with van der Waals surface area (Å²) in [6.45, 7) is 7.65. The summed E-state index contributed by atoms with van der Waals surface area (Å²) >= 11 is 3.09. The molecule has 5 rings (SSSR count). The Bertz CT molecular complexity index is 1300. The van der Waals surface area contributed by atoms with Crippen LogP contribution in [0.3, 0.4) is 0 Å². The molecule has 2 aliphatic heterocycles. The van der Waals surface area contributed by atoms with Crippen molar-refractivity contribution in [3.8, 4) is 33.3 Å². The molecule has 0 amide bonds. The molecule has 0 spiro atoms. The van der Waals surface area contributed by atoms with Crippen molar-refractivity contribution in [3.05, 3.63) is 58.0 Å². The van der Waals surface area contributed by atoms with Crippen LogP contribution in [-0.2, 0) is 21.4 Å². The Morgan fingerprint density at radius 3 is 2.57 bits per heavy atom. The van der Waals surface area contributed by atoms with Crippen molar-refractivity contribution in [1.82, 2.24) is 15.2 Å². The van der Waals surface area contributed by atoms with Crippen molar-refractivity contribution in [2.24, 2.45) is 0 Å². The van der Waals surface area contributed by atoms with E-state index in [-0.39, 0.29) is 5.69 Å². The summed E-state index contributed by atoms with van der Waals surface area (Å²) in [5, 5.41) is 5.81. The van der Waals surface area contributed by atoms with Crippen LogP contribution in [0.5, 0.6) is 11.5 Å². The van der Waals surface area contributed by atoms with E-state index in [2.05, 4.69) is 16.7 Å². The Kier molecular flexibility index (Phi) is 6.41. The number of pyridine rings is 1. The lowest BCUT2D eigenvalue weighted by Crippen LogP contribution is -2.15. The fraction of sp³-hybridized carbons (Fsp3) is 0.304. The number of hydrogen-bond donors (Lipinski definition) is 1. The number of thiophene rings is 1. The molecule has 35 heavy (non-hydrogen) atoms. The topological polar surface area (TPSA) is 78.5 Å². The number of aromatic nitrogens is 3. The first-order valence-electron chi connectivity index (χ1n) is 10.6. The number of hydrogen-bond acceptors (Lipinski definition) is 8. The van der Waals surface area contributed by atoms with Crippen molar-refractivity contribution in [2.45, 2.75) is 18.9 Å². The highest BCUT2D eigenvalue weighted by atomic mass is 32.2. The summed E-state index contributed by atoms with van der Waals surface area (Å²) in [5.74, 6) is 3.08. The van der Waals surface area contributed by atoms with Crippen LogP contribution in [0.2, 0.25) is 0 Å². The van der Waals surface area contributed by atoms with Crippen LogP contribution < -0.4 is 9.47 Å². The zero-order valence-electron chi connectivity index (χ0n) is 18.5. The van der Waals surface area contributed by atoms with Gasteiger partial charge >= 0.3 is 6.18 Å². The van der Waals surface area contributed by atoms with Crippen molar-refractivity contribution in [3.63, 3.8) is 0 Å². The van der Waals surface area contributed by atoms with E-state index in [0.29, 0.717) is 60.9 Å². The van der Waals surface area contributed by atoms with E-state index in [0.717, 1.165) is 26.3 Å². The highest BCUT2D eigenvalue weighted by Crippen LogP contribution is 2.51. The van der Waals surface area contributed by atoms with Gasteiger partial charge in [-0.25, -0.2) is 0 Å². The minimum absolute atomic E-state index is 0.106. The second-order valence-corrected chi connectivity index (χ2v) is 9.89. The van der Waals surface area contributed by atoms with Crippen LogP contribution in [0, 0.1) is 0 Å². The molecule has 0 radical (unpaired) electrons. The molecule has 12 heteroatoms. The Labute approximate surface area is 207 Å². The molecule has 0 saturated carbocycles. The van der Waals surface area contributed by atoms with Gasteiger partial charge in [0.25, 0.3) is 0 Å². The molecular weight excluding hydrogens is 503 g/mol. The van der Waals surface area contributed by atoms with Gasteiger partial charge in [-0.2, -0.15) is 18.3 Å². The third-order valence-electron chi connectivity index (χ3n) is 5.23. The summed E-state index contributed by atoms with van der Waals surface area (Å²) in [5.41, 5.74) is 0.248. The normalized spacial score (nSPS) is 17.1. The smallest absolute Gasteiger partial charge is 0.432 e. The standard InChI is InChI=1S/C23H20F3N3O4S2/c1-12-19(31-6-5-30-12)13(2)34-11-17-20-21(33-8-7-32-20)22(35-17)14-3-4-27-15(9-14)16-10-18(29-28-16)23(24,25)26/h3-4,9-10H,1,5-8,11H2,2H3,(H,28,29)/b19-13+. The van der Waals surface area contributed by atoms with E-state index in [1.54, 1.807) is 23.9 Å². The minimum Gasteiger partial charge on any atom is -0.487 e. The van der Waals surface area contributed by atoms with E-state index in [1.807, 2.05) is 12.0 Å². The first-order chi connectivity index (χ1) is 16.8. The first-order valence-corrected chi connectivity index (χ1v) is 12.4. The fourth-order valence-corrected chi connectivity index (χ4v) is 5.77. The van der Waals surface area contributed by atoms with Gasteiger partial charge in [0.15, 0.2) is 23.0 Å². The number of thioether (sulfide) groups is 1. The van der Waals surface area contributed by atoms with Crippen LogP contribution in [0.15, 0.2) is 47.4 Å². The minimum atomic E-state index is -4.51. The number of allylic oxidation sites excluding steroid dienone is 1. The summed E-state index contributed by atoms with van der Waals surface area (Å²) in [7, 11) is 0. The van der Waals surface area contributed by atoms with Crippen molar-refractivity contribution in [1.29, 1.82) is 0 Å². The van der Waals surface area contributed by atoms with E-state index < -0.39 is 11.9 Å². The maximum Gasteiger partial charge on any atom is 0.432 e. The molecule has 5 heterocycles. The summed E-state index contributed by atoms with van der Waals surface area (Å²) in [6.07, 6.45) is -2.97. The molecule has 184 valence electrons. The van der Waals surface area contributed by atoms with Gasteiger partial charge in [0.1, 0.15) is 37.8 Å². The molecule has 3 aromatic heterocycles. The second-order valence-electron chi connectivity index (χ2n) is 7.60. The average Bonchev–Trinajstić information content (AvgIpc) is 3.49. The number of rotatable bonds is 5. The molecule has 0 bridgehead atoms. The molecule has 1 N–H and O–H groups in total. The van der Waals surface area contributed by atoms with E-state index >= 15 is 0 Å². The molecule has 0 unspecified atom stereocenters. The number of H-pyrrole nitrogens is 1. The number of fused-ring (bicyclic) bond motifs is 1. The van der Waals surface area contributed by atoms with Crippen molar-refractivity contribution < 1.29 is 32.1 Å². The predicted molar refractivity (Wildman–Crippen MR) is 126 cm³/mol. The third kappa shape index (κ3) is 4.85. The number of alkyl halides is 3. The Hall–Kier alpha value is -3.12. The van der Waals surface area contributed by atoms with Crippen LogP contribution in [0.4, 0.5) is 13.2 Å². The predicted octanol–water partition coefficient (Wildman–Crippen LogP) is 6.02. The van der Waals surface area contributed by atoms with Gasteiger partial charge in [-0.1, -0.05) is 6.58 Å². The van der Waals surface area contributed by atoms with Gasteiger partial charge in [-0.05, 0) is 30.7 Å². The molecule has 0 aromatic carbocycles. The second kappa shape index (κ2) is 9.50. The lowest BCUT2D eigenvalue weighted by atomic mass is 10.1. The maximum atomic E-state index is 13.0. The molecule has 0 aliphatic carbocycles. The molecule has 7 nitrogen and oxygen atoms in total. The van der Waals surface area contributed by atoms with Gasteiger partial charge in [0.05, 0.1) is 15.4 Å². The average molecular weight is 524 g/mol. The number of halogens is 3. The van der Waals surface area contributed by atoms with E-state index in [1.165, 1.54) is 17.5 Å². The molecule has 3 aromatic rings. The van der Waals surface area contributed by atoms with Gasteiger partial charge in [-0.15, -0.1) is 23.1 Å². The van der Waals surface area contributed by atoms with Gasteiger partial charge in [0.2, 0.25) is 0 Å². The quantitative estimate of drug-likeness (QED) is 0.438. The molecule has 1 saturated heterocycles. The Morgan fingerprint density at radius 2 is 1.83 bits per heavy atom. The van der Waals surface area contributed by atoms with Crippen LogP contribution in [-0.4, -0.2) is 41.6 Å². The third-order valence-corrected chi connectivity index (χ3v) is 7.67.